The van der Waals surface area contributed by atoms with Crippen LogP contribution in [0.3, 0.4) is 0 Å². The highest BCUT2D eigenvalue weighted by molar-refractivity contribution is 5.76. The SMILES string of the molecule is O=C(Cn1cc2c(c1)C(O)CCCC2)N1CCCCCC1. The number of aliphatic hydroxyl groups is 1. The highest BCUT2D eigenvalue weighted by Crippen LogP contribution is 2.29. The zero-order valence-corrected chi connectivity index (χ0v) is 12.8. The van der Waals surface area contributed by atoms with Gasteiger partial charge >= 0.3 is 0 Å². The van der Waals surface area contributed by atoms with Crippen molar-refractivity contribution < 1.29 is 9.90 Å². The molecule has 0 radical (unpaired) electrons. The molecule has 1 amide bonds. The van der Waals surface area contributed by atoms with E-state index in [0.29, 0.717) is 6.54 Å². The number of amides is 1. The smallest absolute Gasteiger partial charge is 0.242 e. The van der Waals surface area contributed by atoms with Gasteiger partial charge < -0.3 is 14.6 Å². The van der Waals surface area contributed by atoms with Gasteiger partial charge in [0.15, 0.2) is 0 Å². The highest BCUT2D eigenvalue weighted by atomic mass is 16.3. The van der Waals surface area contributed by atoms with Crippen LogP contribution in [0.15, 0.2) is 12.4 Å². The summed E-state index contributed by atoms with van der Waals surface area (Å²) < 4.78 is 1.98. The number of carbonyl (C=O) groups excluding carboxylic acids is 1. The molecule has 4 nitrogen and oxygen atoms in total. The van der Waals surface area contributed by atoms with E-state index in [1.807, 2.05) is 15.7 Å². The number of hydrogen-bond donors (Lipinski definition) is 1. The van der Waals surface area contributed by atoms with Crippen molar-refractivity contribution in [2.45, 2.75) is 64.0 Å². The van der Waals surface area contributed by atoms with E-state index >= 15 is 0 Å². The van der Waals surface area contributed by atoms with Crippen LogP contribution in [-0.4, -0.2) is 33.6 Å². The molecule has 2 heterocycles. The highest BCUT2D eigenvalue weighted by Gasteiger charge is 2.20. The zero-order valence-electron chi connectivity index (χ0n) is 12.8. The third-order valence-corrected chi connectivity index (χ3v) is 4.81. The molecule has 1 aromatic rings. The number of aromatic nitrogens is 1. The molecule has 0 spiro atoms. The summed E-state index contributed by atoms with van der Waals surface area (Å²) in [6.07, 6.45) is 12.5. The Morgan fingerprint density at radius 2 is 1.86 bits per heavy atom. The maximum absolute atomic E-state index is 12.4. The quantitative estimate of drug-likeness (QED) is 0.851. The number of fused-ring (bicyclic) bond motifs is 1. The minimum absolute atomic E-state index is 0.219. The van der Waals surface area contributed by atoms with Crippen molar-refractivity contribution in [1.82, 2.24) is 9.47 Å². The first kappa shape index (κ1) is 14.6. The number of aryl methyl sites for hydroxylation is 1. The third-order valence-electron chi connectivity index (χ3n) is 4.81. The number of carbonyl (C=O) groups is 1. The second-order valence-corrected chi connectivity index (χ2v) is 6.47. The second kappa shape index (κ2) is 6.65. The van der Waals surface area contributed by atoms with Crippen molar-refractivity contribution in [2.24, 2.45) is 0 Å². The Kier molecular flexibility index (Phi) is 4.63. The third kappa shape index (κ3) is 3.49. The summed E-state index contributed by atoms with van der Waals surface area (Å²) in [4.78, 5) is 14.4. The summed E-state index contributed by atoms with van der Waals surface area (Å²) in [5, 5.41) is 10.2. The van der Waals surface area contributed by atoms with Crippen LogP contribution in [-0.2, 0) is 17.8 Å². The van der Waals surface area contributed by atoms with Crippen LogP contribution >= 0.6 is 0 Å². The molecule has 1 fully saturated rings. The summed E-state index contributed by atoms with van der Waals surface area (Å²) in [6.45, 7) is 2.23. The Bertz CT molecular complexity index is 487. The molecule has 1 atom stereocenters. The lowest BCUT2D eigenvalue weighted by atomic mass is 10.1. The van der Waals surface area contributed by atoms with E-state index in [-0.39, 0.29) is 12.0 Å². The Morgan fingerprint density at radius 1 is 1.10 bits per heavy atom. The van der Waals surface area contributed by atoms with E-state index in [4.69, 9.17) is 0 Å². The average Bonchev–Trinajstić information content (AvgIpc) is 2.66. The molecule has 0 aromatic carbocycles. The summed E-state index contributed by atoms with van der Waals surface area (Å²) in [5.41, 5.74) is 2.26. The van der Waals surface area contributed by atoms with Gasteiger partial charge in [0.25, 0.3) is 0 Å². The Hall–Kier alpha value is -1.29. The van der Waals surface area contributed by atoms with Crippen LogP contribution in [0.5, 0.6) is 0 Å². The van der Waals surface area contributed by atoms with Gasteiger partial charge in [0.05, 0.1) is 6.10 Å². The van der Waals surface area contributed by atoms with Crippen molar-refractivity contribution in [3.8, 4) is 0 Å². The number of likely N-dealkylation sites (tertiary alicyclic amines) is 1. The zero-order chi connectivity index (χ0) is 14.7. The lowest BCUT2D eigenvalue weighted by molar-refractivity contribution is -0.131. The molecule has 4 heteroatoms. The fourth-order valence-corrected chi connectivity index (χ4v) is 3.56. The van der Waals surface area contributed by atoms with Crippen molar-refractivity contribution in [1.29, 1.82) is 0 Å². The molecule has 1 saturated heterocycles. The lowest BCUT2D eigenvalue weighted by Gasteiger charge is -2.20. The van der Waals surface area contributed by atoms with Gasteiger partial charge in [0, 0.05) is 31.0 Å². The summed E-state index contributed by atoms with van der Waals surface area (Å²) in [7, 11) is 0. The first-order chi connectivity index (χ1) is 10.2. The molecule has 2 aliphatic rings. The molecular formula is C17H26N2O2. The first-order valence-corrected chi connectivity index (χ1v) is 8.38. The van der Waals surface area contributed by atoms with E-state index in [2.05, 4.69) is 6.20 Å². The largest absolute Gasteiger partial charge is 0.388 e. The fraction of sp³-hybridized carbons (Fsp3) is 0.706. The monoisotopic (exact) mass is 290 g/mol. The van der Waals surface area contributed by atoms with E-state index in [1.165, 1.54) is 18.4 Å². The van der Waals surface area contributed by atoms with Gasteiger partial charge in [-0.05, 0) is 37.7 Å². The molecule has 0 saturated carbocycles. The van der Waals surface area contributed by atoms with Crippen LogP contribution in [0, 0.1) is 0 Å². The Morgan fingerprint density at radius 3 is 2.62 bits per heavy atom. The molecule has 1 aromatic heterocycles. The van der Waals surface area contributed by atoms with Crippen LogP contribution in [0.1, 0.15) is 62.2 Å². The van der Waals surface area contributed by atoms with Crippen molar-refractivity contribution in [3.63, 3.8) is 0 Å². The molecule has 1 N–H and O–H groups in total. The molecule has 1 aliphatic carbocycles. The van der Waals surface area contributed by atoms with Gasteiger partial charge in [-0.25, -0.2) is 0 Å². The predicted molar refractivity (Wildman–Crippen MR) is 82.0 cm³/mol. The predicted octanol–water partition coefficient (Wildman–Crippen LogP) is 2.65. The standard InChI is InChI=1S/C17H26N2O2/c20-16-8-4-3-7-14-11-18(12-15(14)16)13-17(21)19-9-5-1-2-6-10-19/h11-12,16,20H,1-10,13H2. The molecule has 116 valence electrons. The molecule has 1 aliphatic heterocycles. The minimum atomic E-state index is -0.350. The van der Waals surface area contributed by atoms with Crippen molar-refractivity contribution in [2.75, 3.05) is 13.1 Å². The van der Waals surface area contributed by atoms with Crippen LogP contribution < -0.4 is 0 Å². The van der Waals surface area contributed by atoms with E-state index in [0.717, 1.165) is 57.2 Å². The molecule has 21 heavy (non-hydrogen) atoms. The maximum atomic E-state index is 12.4. The Balaban J connectivity index is 1.67. The second-order valence-electron chi connectivity index (χ2n) is 6.47. The van der Waals surface area contributed by atoms with Gasteiger partial charge in [-0.15, -0.1) is 0 Å². The van der Waals surface area contributed by atoms with Crippen LogP contribution in [0.4, 0.5) is 0 Å². The summed E-state index contributed by atoms with van der Waals surface area (Å²) in [5.74, 6) is 0.219. The van der Waals surface area contributed by atoms with Gasteiger partial charge in [0.2, 0.25) is 5.91 Å². The average molecular weight is 290 g/mol. The minimum Gasteiger partial charge on any atom is -0.388 e. The molecule has 3 rings (SSSR count). The lowest BCUT2D eigenvalue weighted by Crippen LogP contribution is -2.34. The number of rotatable bonds is 2. The van der Waals surface area contributed by atoms with Gasteiger partial charge in [-0.1, -0.05) is 19.3 Å². The van der Waals surface area contributed by atoms with Gasteiger partial charge in [-0.3, -0.25) is 4.79 Å². The fourth-order valence-electron chi connectivity index (χ4n) is 3.56. The van der Waals surface area contributed by atoms with E-state index in [9.17, 15) is 9.90 Å². The summed E-state index contributed by atoms with van der Waals surface area (Å²) >= 11 is 0. The van der Waals surface area contributed by atoms with Crippen LogP contribution in [0.25, 0.3) is 0 Å². The normalized spacial score (nSPS) is 23.3. The number of aliphatic hydroxyl groups excluding tert-OH is 1. The topological polar surface area (TPSA) is 45.5 Å². The van der Waals surface area contributed by atoms with Gasteiger partial charge in [-0.2, -0.15) is 0 Å². The van der Waals surface area contributed by atoms with Crippen molar-refractivity contribution >= 4 is 5.91 Å². The van der Waals surface area contributed by atoms with E-state index < -0.39 is 0 Å². The Labute approximate surface area is 126 Å². The summed E-state index contributed by atoms with van der Waals surface area (Å²) in [6, 6.07) is 0. The first-order valence-electron chi connectivity index (χ1n) is 8.38. The molecule has 1 unspecified atom stereocenters. The van der Waals surface area contributed by atoms with E-state index in [1.54, 1.807) is 0 Å². The maximum Gasteiger partial charge on any atom is 0.242 e. The number of hydrogen-bond acceptors (Lipinski definition) is 2. The van der Waals surface area contributed by atoms with Gasteiger partial charge in [0.1, 0.15) is 6.54 Å². The molecule has 0 bridgehead atoms. The number of nitrogens with zero attached hydrogens (tertiary/aromatic N) is 2. The molecular weight excluding hydrogens is 264 g/mol. The van der Waals surface area contributed by atoms with Crippen LogP contribution in [0.2, 0.25) is 0 Å². The van der Waals surface area contributed by atoms with Crippen molar-refractivity contribution in [3.05, 3.63) is 23.5 Å².